The summed E-state index contributed by atoms with van der Waals surface area (Å²) in [4.78, 5) is 0. The van der Waals surface area contributed by atoms with Crippen molar-refractivity contribution in [1.29, 1.82) is 0 Å². The average Bonchev–Trinajstić information content (AvgIpc) is 2.15. The SMILES string of the molecule is C=Cc1ccccc1CCC(=C)C. The summed E-state index contributed by atoms with van der Waals surface area (Å²) >= 11 is 0. The van der Waals surface area contributed by atoms with Crippen molar-refractivity contribution >= 4 is 6.08 Å². The number of aryl methyl sites for hydroxylation is 1. The van der Waals surface area contributed by atoms with Crippen molar-refractivity contribution in [3.05, 3.63) is 54.1 Å². The Kier molecular flexibility index (Phi) is 3.51. The van der Waals surface area contributed by atoms with Gasteiger partial charge in [-0.05, 0) is 30.9 Å². The summed E-state index contributed by atoms with van der Waals surface area (Å²) < 4.78 is 0. The van der Waals surface area contributed by atoms with Crippen LogP contribution in [0.4, 0.5) is 0 Å². The first-order valence-corrected chi connectivity index (χ1v) is 4.58. The summed E-state index contributed by atoms with van der Waals surface area (Å²) in [5.74, 6) is 0. The first-order valence-electron chi connectivity index (χ1n) is 4.58. The molecule has 1 aromatic carbocycles. The van der Waals surface area contributed by atoms with Crippen LogP contribution in [0.15, 0.2) is 43.0 Å². The molecule has 13 heavy (non-hydrogen) atoms. The molecule has 0 saturated heterocycles. The lowest BCUT2D eigenvalue weighted by atomic mass is 10.0. The molecular formula is C13H16. The zero-order chi connectivity index (χ0) is 9.68. The lowest BCUT2D eigenvalue weighted by Gasteiger charge is -2.04. The molecule has 0 saturated carbocycles. The number of allylic oxidation sites excluding steroid dienone is 1. The maximum atomic E-state index is 3.90. The van der Waals surface area contributed by atoms with Gasteiger partial charge in [-0.2, -0.15) is 0 Å². The lowest BCUT2D eigenvalue weighted by molar-refractivity contribution is 0.943. The third-order valence-electron chi connectivity index (χ3n) is 2.10. The summed E-state index contributed by atoms with van der Waals surface area (Å²) in [6.07, 6.45) is 4.04. The summed E-state index contributed by atoms with van der Waals surface area (Å²) in [5.41, 5.74) is 3.84. The predicted octanol–water partition coefficient (Wildman–Crippen LogP) is 3.84. The minimum Gasteiger partial charge on any atom is -0.100 e. The van der Waals surface area contributed by atoms with Crippen molar-refractivity contribution in [1.82, 2.24) is 0 Å². The Hall–Kier alpha value is -1.30. The monoisotopic (exact) mass is 172 g/mol. The highest BCUT2D eigenvalue weighted by atomic mass is 14.0. The molecule has 0 aliphatic heterocycles. The summed E-state index contributed by atoms with van der Waals surface area (Å²) in [7, 11) is 0. The van der Waals surface area contributed by atoms with Crippen LogP contribution >= 0.6 is 0 Å². The number of rotatable bonds is 4. The van der Waals surface area contributed by atoms with Crippen LogP contribution in [0.25, 0.3) is 6.08 Å². The molecule has 0 N–H and O–H groups in total. The Morgan fingerprint density at radius 3 is 2.69 bits per heavy atom. The summed E-state index contributed by atoms with van der Waals surface area (Å²) in [6.45, 7) is 9.76. The van der Waals surface area contributed by atoms with E-state index in [0.717, 1.165) is 12.8 Å². The first kappa shape index (κ1) is 9.79. The Bertz CT molecular complexity index is 308. The fraction of sp³-hybridized carbons (Fsp3) is 0.231. The zero-order valence-electron chi connectivity index (χ0n) is 8.22. The molecule has 0 atom stereocenters. The molecular weight excluding hydrogens is 156 g/mol. The van der Waals surface area contributed by atoms with Crippen LogP contribution in [0.1, 0.15) is 24.5 Å². The van der Waals surface area contributed by atoms with E-state index >= 15 is 0 Å². The third kappa shape index (κ3) is 2.90. The molecule has 1 aromatic rings. The van der Waals surface area contributed by atoms with Crippen LogP contribution in [0.2, 0.25) is 0 Å². The van der Waals surface area contributed by atoms with Gasteiger partial charge in [0.2, 0.25) is 0 Å². The van der Waals surface area contributed by atoms with E-state index in [2.05, 4.69) is 38.3 Å². The van der Waals surface area contributed by atoms with Crippen LogP contribution in [0.3, 0.4) is 0 Å². The van der Waals surface area contributed by atoms with Gasteiger partial charge in [0.05, 0.1) is 0 Å². The van der Waals surface area contributed by atoms with Gasteiger partial charge >= 0.3 is 0 Å². The normalized spacial score (nSPS) is 9.62. The van der Waals surface area contributed by atoms with E-state index in [4.69, 9.17) is 0 Å². The summed E-state index contributed by atoms with van der Waals surface area (Å²) in [5, 5.41) is 0. The van der Waals surface area contributed by atoms with Crippen molar-refractivity contribution in [2.75, 3.05) is 0 Å². The summed E-state index contributed by atoms with van der Waals surface area (Å²) in [6, 6.07) is 8.36. The fourth-order valence-corrected chi connectivity index (χ4v) is 1.31. The Morgan fingerprint density at radius 1 is 1.38 bits per heavy atom. The molecule has 0 bridgehead atoms. The van der Waals surface area contributed by atoms with Crippen molar-refractivity contribution in [2.45, 2.75) is 19.8 Å². The van der Waals surface area contributed by atoms with Crippen LogP contribution in [0.5, 0.6) is 0 Å². The lowest BCUT2D eigenvalue weighted by Crippen LogP contribution is -1.89. The van der Waals surface area contributed by atoms with Crippen molar-refractivity contribution in [3.63, 3.8) is 0 Å². The van der Waals surface area contributed by atoms with E-state index in [1.807, 2.05) is 12.1 Å². The molecule has 0 heteroatoms. The Balaban J connectivity index is 2.75. The van der Waals surface area contributed by atoms with Gasteiger partial charge in [0.1, 0.15) is 0 Å². The van der Waals surface area contributed by atoms with Crippen LogP contribution < -0.4 is 0 Å². The second kappa shape index (κ2) is 4.66. The molecule has 0 heterocycles. The largest absolute Gasteiger partial charge is 0.100 e. The molecule has 0 aliphatic carbocycles. The quantitative estimate of drug-likeness (QED) is 0.605. The van der Waals surface area contributed by atoms with E-state index in [-0.39, 0.29) is 0 Å². The molecule has 0 aliphatic rings. The second-order valence-corrected chi connectivity index (χ2v) is 3.36. The smallest absolute Gasteiger partial charge is 0.0230 e. The minimum absolute atomic E-state index is 1.06. The van der Waals surface area contributed by atoms with E-state index in [1.54, 1.807) is 0 Å². The van der Waals surface area contributed by atoms with E-state index in [1.165, 1.54) is 16.7 Å². The van der Waals surface area contributed by atoms with Crippen LogP contribution in [-0.4, -0.2) is 0 Å². The van der Waals surface area contributed by atoms with Gasteiger partial charge in [-0.25, -0.2) is 0 Å². The van der Waals surface area contributed by atoms with Gasteiger partial charge in [0, 0.05) is 0 Å². The fourth-order valence-electron chi connectivity index (χ4n) is 1.31. The van der Waals surface area contributed by atoms with Crippen LogP contribution in [-0.2, 0) is 6.42 Å². The van der Waals surface area contributed by atoms with Crippen molar-refractivity contribution in [2.24, 2.45) is 0 Å². The topological polar surface area (TPSA) is 0 Å². The number of hydrogen-bond donors (Lipinski definition) is 0. The van der Waals surface area contributed by atoms with Gasteiger partial charge in [-0.1, -0.05) is 42.5 Å². The van der Waals surface area contributed by atoms with Crippen molar-refractivity contribution < 1.29 is 0 Å². The zero-order valence-corrected chi connectivity index (χ0v) is 8.22. The maximum absolute atomic E-state index is 3.90. The molecule has 68 valence electrons. The molecule has 0 radical (unpaired) electrons. The Morgan fingerprint density at radius 2 is 2.08 bits per heavy atom. The molecule has 0 nitrogen and oxygen atoms in total. The van der Waals surface area contributed by atoms with E-state index in [9.17, 15) is 0 Å². The molecule has 0 aromatic heterocycles. The van der Waals surface area contributed by atoms with Gasteiger partial charge in [0.25, 0.3) is 0 Å². The molecule has 0 amide bonds. The molecule has 0 fully saturated rings. The highest BCUT2D eigenvalue weighted by Gasteiger charge is 1.97. The van der Waals surface area contributed by atoms with Gasteiger partial charge < -0.3 is 0 Å². The number of hydrogen-bond acceptors (Lipinski definition) is 0. The van der Waals surface area contributed by atoms with Crippen molar-refractivity contribution in [3.8, 4) is 0 Å². The second-order valence-electron chi connectivity index (χ2n) is 3.36. The number of benzene rings is 1. The predicted molar refractivity (Wildman–Crippen MR) is 59.7 cm³/mol. The molecule has 0 unspecified atom stereocenters. The molecule has 1 rings (SSSR count). The highest BCUT2D eigenvalue weighted by Crippen LogP contribution is 2.13. The van der Waals surface area contributed by atoms with E-state index in [0.29, 0.717) is 0 Å². The average molecular weight is 172 g/mol. The van der Waals surface area contributed by atoms with E-state index < -0.39 is 0 Å². The highest BCUT2D eigenvalue weighted by molar-refractivity contribution is 5.51. The van der Waals surface area contributed by atoms with Gasteiger partial charge in [0.15, 0.2) is 0 Å². The van der Waals surface area contributed by atoms with Gasteiger partial charge in [-0.3, -0.25) is 0 Å². The standard InChI is InChI=1S/C13H16/c1-4-12-7-5-6-8-13(12)10-9-11(2)3/h4-8H,1-2,9-10H2,3H3. The maximum Gasteiger partial charge on any atom is -0.0230 e. The van der Waals surface area contributed by atoms with Gasteiger partial charge in [-0.15, -0.1) is 6.58 Å². The van der Waals surface area contributed by atoms with Crippen LogP contribution in [0, 0.1) is 0 Å². The first-order chi connectivity index (χ1) is 6.24. The minimum atomic E-state index is 1.06. The Labute approximate surface area is 80.6 Å². The molecule has 0 spiro atoms. The third-order valence-corrected chi connectivity index (χ3v) is 2.10.